The third-order valence-corrected chi connectivity index (χ3v) is 4.70. The van der Waals surface area contributed by atoms with E-state index in [-0.39, 0.29) is 11.6 Å². The normalized spacial score (nSPS) is 12.1. The van der Waals surface area contributed by atoms with Crippen molar-refractivity contribution < 1.29 is 9.50 Å². The smallest absolute Gasteiger partial charge is 0.147 e. The van der Waals surface area contributed by atoms with Gasteiger partial charge in [-0.2, -0.15) is 0 Å². The minimum atomic E-state index is -0.415. The van der Waals surface area contributed by atoms with Gasteiger partial charge < -0.3 is 10.4 Å². The van der Waals surface area contributed by atoms with Crippen LogP contribution in [0.3, 0.4) is 0 Å². The van der Waals surface area contributed by atoms with Crippen LogP contribution in [0.25, 0.3) is 10.9 Å². The summed E-state index contributed by atoms with van der Waals surface area (Å²) in [4.78, 5) is 9.00. The Hall–Kier alpha value is -3.47. The minimum Gasteiger partial charge on any atom is -0.505 e. The van der Waals surface area contributed by atoms with Gasteiger partial charge in [0.15, 0.2) is 0 Å². The molecule has 140 valence electrons. The van der Waals surface area contributed by atoms with E-state index in [9.17, 15) is 9.50 Å². The number of benzene rings is 2. The molecule has 28 heavy (non-hydrogen) atoms. The lowest BCUT2D eigenvalue weighted by Crippen LogP contribution is -2.14. The first-order valence-electron chi connectivity index (χ1n) is 9.06. The Morgan fingerprint density at radius 1 is 0.857 bits per heavy atom. The molecule has 0 aliphatic heterocycles. The van der Waals surface area contributed by atoms with Crippen molar-refractivity contribution in [3.8, 4) is 5.75 Å². The number of aromatic nitrogens is 2. The predicted octanol–water partition coefficient (Wildman–Crippen LogP) is 5.29. The maximum atomic E-state index is 13.5. The van der Waals surface area contributed by atoms with Crippen molar-refractivity contribution in [3.05, 3.63) is 95.1 Å². The molecule has 2 aromatic carbocycles. The first-order chi connectivity index (χ1) is 13.5. The Bertz CT molecular complexity index is 1140. The molecular formula is C23H20FN3O. The summed E-state index contributed by atoms with van der Waals surface area (Å²) in [6, 6.07) is 19.2. The van der Waals surface area contributed by atoms with Crippen LogP contribution in [0.1, 0.15) is 28.6 Å². The minimum absolute atomic E-state index is 0.107. The molecule has 0 aliphatic rings. The Balaban J connectivity index is 1.86. The summed E-state index contributed by atoms with van der Waals surface area (Å²) in [5, 5.41) is 15.2. The highest BCUT2D eigenvalue weighted by molar-refractivity contribution is 5.86. The maximum absolute atomic E-state index is 13.5. The highest BCUT2D eigenvalue weighted by Crippen LogP contribution is 2.36. The summed E-state index contributed by atoms with van der Waals surface area (Å²) >= 11 is 0. The van der Waals surface area contributed by atoms with Crippen molar-refractivity contribution in [2.24, 2.45) is 0 Å². The summed E-state index contributed by atoms with van der Waals surface area (Å²) in [5.41, 5.74) is 3.71. The van der Waals surface area contributed by atoms with Crippen molar-refractivity contribution in [2.45, 2.75) is 19.9 Å². The molecule has 0 bridgehead atoms. The zero-order valence-electron chi connectivity index (χ0n) is 15.6. The van der Waals surface area contributed by atoms with Crippen molar-refractivity contribution in [3.63, 3.8) is 0 Å². The van der Waals surface area contributed by atoms with Crippen molar-refractivity contribution in [1.29, 1.82) is 0 Å². The first-order valence-corrected chi connectivity index (χ1v) is 9.06. The molecule has 0 radical (unpaired) electrons. The monoisotopic (exact) mass is 373 g/mol. The van der Waals surface area contributed by atoms with Crippen LogP contribution in [-0.2, 0) is 0 Å². The van der Waals surface area contributed by atoms with Gasteiger partial charge in [-0.25, -0.2) is 14.4 Å². The van der Waals surface area contributed by atoms with Gasteiger partial charge >= 0.3 is 0 Å². The molecule has 0 saturated carbocycles. The molecule has 0 spiro atoms. The number of hydrogen-bond donors (Lipinski definition) is 2. The molecule has 0 aliphatic carbocycles. The van der Waals surface area contributed by atoms with E-state index in [1.54, 1.807) is 12.1 Å². The Morgan fingerprint density at radius 2 is 1.57 bits per heavy atom. The molecule has 0 amide bonds. The Kier molecular flexibility index (Phi) is 4.65. The van der Waals surface area contributed by atoms with Crippen LogP contribution in [0.5, 0.6) is 5.75 Å². The van der Waals surface area contributed by atoms with Crippen LogP contribution in [0.2, 0.25) is 0 Å². The predicted molar refractivity (Wildman–Crippen MR) is 109 cm³/mol. The summed E-state index contributed by atoms with van der Waals surface area (Å²) in [6.45, 7) is 3.80. The average Bonchev–Trinajstić information content (AvgIpc) is 2.68. The molecular weight excluding hydrogens is 353 g/mol. The third-order valence-electron chi connectivity index (χ3n) is 4.70. The molecule has 2 N–H and O–H groups in total. The topological polar surface area (TPSA) is 58.0 Å². The fourth-order valence-corrected chi connectivity index (χ4v) is 3.29. The van der Waals surface area contributed by atoms with Gasteiger partial charge in [0.2, 0.25) is 0 Å². The van der Waals surface area contributed by atoms with Gasteiger partial charge in [0.25, 0.3) is 0 Å². The third kappa shape index (κ3) is 3.51. The number of hydrogen-bond acceptors (Lipinski definition) is 4. The van der Waals surface area contributed by atoms with E-state index in [1.165, 1.54) is 12.1 Å². The zero-order chi connectivity index (χ0) is 19.7. The average molecular weight is 373 g/mol. The maximum Gasteiger partial charge on any atom is 0.147 e. The van der Waals surface area contributed by atoms with Gasteiger partial charge in [0.05, 0.1) is 6.04 Å². The van der Waals surface area contributed by atoms with E-state index >= 15 is 0 Å². The van der Waals surface area contributed by atoms with E-state index in [0.29, 0.717) is 16.9 Å². The number of nitrogens with one attached hydrogen (secondary N) is 1. The van der Waals surface area contributed by atoms with Gasteiger partial charge in [-0.15, -0.1) is 0 Å². The van der Waals surface area contributed by atoms with Crippen LogP contribution < -0.4 is 5.32 Å². The van der Waals surface area contributed by atoms with Gasteiger partial charge in [0, 0.05) is 22.3 Å². The van der Waals surface area contributed by atoms with Crippen molar-refractivity contribution >= 4 is 16.7 Å². The van der Waals surface area contributed by atoms with Gasteiger partial charge in [-0.1, -0.05) is 36.4 Å². The summed E-state index contributed by atoms with van der Waals surface area (Å²) < 4.78 is 13.5. The molecule has 0 fully saturated rings. The fraction of sp³-hybridized carbons (Fsp3) is 0.130. The molecule has 4 aromatic rings. The lowest BCUT2D eigenvalue weighted by Gasteiger charge is -2.22. The number of fused-ring (bicyclic) bond motifs is 1. The number of phenols is 1. The molecule has 4 nitrogen and oxygen atoms in total. The van der Waals surface area contributed by atoms with E-state index in [0.717, 1.165) is 22.3 Å². The number of aromatic hydroxyl groups is 1. The van der Waals surface area contributed by atoms with E-state index in [2.05, 4.69) is 15.3 Å². The number of phenolic OH excluding ortho intramolecular Hbond substituents is 1. The van der Waals surface area contributed by atoms with Crippen LogP contribution in [0.15, 0.2) is 66.7 Å². The highest BCUT2D eigenvalue weighted by atomic mass is 19.1. The second-order valence-electron chi connectivity index (χ2n) is 6.82. The molecule has 4 rings (SSSR count). The van der Waals surface area contributed by atoms with Crippen LogP contribution >= 0.6 is 0 Å². The quantitative estimate of drug-likeness (QED) is 0.510. The van der Waals surface area contributed by atoms with Gasteiger partial charge in [-0.05, 0) is 49.7 Å². The molecule has 5 heteroatoms. The highest BCUT2D eigenvalue weighted by Gasteiger charge is 2.20. The summed E-state index contributed by atoms with van der Waals surface area (Å²) in [7, 11) is 0. The number of anilines is 1. The van der Waals surface area contributed by atoms with E-state index < -0.39 is 6.04 Å². The number of rotatable bonds is 4. The molecule has 1 unspecified atom stereocenters. The molecule has 2 aromatic heterocycles. The summed E-state index contributed by atoms with van der Waals surface area (Å²) in [6.07, 6.45) is 0. The second kappa shape index (κ2) is 7.27. The Morgan fingerprint density at radius 3 is 2.32 bits per heavy atom. The second-order valence-corrected chi connectivity index (χ2v) is 6.82. The lowest BCUT2D eigenvalue weighted by atomic mass is 9.96. The fourth-order valence-electron chi connectivity index (χ4n) is 3.29. The van der Waals surface area contributed by atoms with E-state index in [4.69, 9.17) is 0 Å². The summed E-state index contributed by atoms with van der Waals surface area (Å²) in [5.74, 6) is 0.470. The first kappa shape index (κ1) is 17.9. The molecule has 1 atom stereocenters. The number of nitrogens with zero attached hydrogens (tertiary/aromatic N) is 2. The van der Waals surface area contributed by atoms with Gasteiger partial charge in [0.1, 0.15) is 22.9 Å². The molecule has 0 saturated heterocycles. The molecule has 2 heterocycles. The van der Waals surface area contributed by atoms with Crippen LogP contribution in [0, 0.1) is 19.7 Å². The number of aryl methyl sites for hydroxylation is 2. The largest absolute Gasteiger partial charge is 0.505 e. The van der Waals surface area contributed by atoms with Gasteiger partial charge in [-0.3, -0.25) is 0 Å². The zero-order valence-corrected chi connectivity index (χ0v) is 15.6. The van der Waals surface area contributed by atoms with Crippen molar-refractivity contribution in [2.75, 3.05) is 5.32 Å². The SMILES string of the molecule is Cc1cccc(NC(c2ccc(F)cc2)c2ccc3ccc(C)nc3c2O)n1. The van der Waals surface area contributed by atoms with E-state index in [1.807, 2.05) is 56.3 Å². The number of halogens is 1. The lowest BCUT2D eigenvalue weighted by molar-refractivity contribution is 0.471. The standard InChI is InChI=1S/C23H20FN3O/c1-14-4-3-5-20(25-14)27-21(16-8-11-18(24)12-9-16)19-13-10-17-7-6-15(2)26-22(17)23(19)28/h3-13,21,28H,1-2H3,(H,25,27). The number of pyridine rings is 2. The van der Waals surface area contributed by atoms with Crippen LogP contribution in [-0.4, -0.2) is 15.1 Å². The van der Waals surface area contributed by atoms with Crippen LogP contribution in [0.4, 0.5) is 10.2 Å². The Labute approximate surface area is 162 Å². The van der Waals surface area contributed by atoms with Crippen molar-refractivity contribution in [1.82, 2.24) is 9.97 Å².